The van der Waals surface area contributed by atoms with Crippen molar-refractivity contribution in [2.24, 2.45) is 0 Å². The lowest BCUT2D eigenvalue weighted by Crippen LogP contribution is -2.25. The van der Waals surface area contributed by atoms with Crippen molar-refractivity contribution in [1.29, 1.82) is 0 Å². The number of carbonyl (C=O) groups excluding carboxylic acids is 2. The second-order valence-corrected chi connectivity index (χ2v) is 19.4. The molecule has 0 bridgehead atoms. The van der Waals surface area contributed by atoms with Crippen LogP contribution in [0.15, 0.2) is 36.5 Å². The second-order valence-electron chi connectivity index (χ2n) is 16.5. The van der Waals surface area contributed by atoms with Gasteiger partial charge in [0.2, 0.25) is 0 Å². The molecule has 0 amide bonds. The van der Waals surface area contributed by atoms with Crippen LogP contribution in [0.2, 0.25) is 0 Å². The molecule has 5 atom stereocenters. The van der Waals surface area contributed by atoms with Crippen molar-refractivity contribution in [3.63, 3.8) is 0 Å². The molecule has 17 heteroatoms. The molecule has 0 aliphatic heterocycles. The Balaban J connectivity index is 3.89. The van der Waals surface area contributed by atoms with E-state index in [9.17, 15) is 43.8 Å². The zero-order valence-electron chi connectivity index (χ0n) is 39.5. The number of esters is 2. The standard InChI is InChI=1S/C47H88O15P2/c1-3-5-7-9-11-13-15-17-18-19-20-21-22-24-26-28-30-32-34-36-47(52)58-38-44(49)40-60-64(55,56)62-42-45(50)41-61-63(53,54)59-39-43(48)37-57-46(51)35-33-31-29-27-25-23-16-14-12-10-8-6-4-2/h11,13,17-18,20-21,43-45,48-50H,3-10,12,14-16,19,22-42H2,1-2H3,(H,53,54)(H,55,56)/b13-11-,18-17-,21-20-. The van der Waals surface area contributed by atoms with Crippen molar-refractivity contribution in [3.8, 4) is 0 Å². The fourth-order valence-corrected chi connectivity index (χ4v) is 7.87. The third-order valence-electron chi connectivity index (χ3n) is 10.1. The number of aliphatic hydroxyl groups excluding tert-OH is 3. The average Bonchev–Trinajstić information content (AvgIpc) is 3.27. The van der Waals surface area contributed by atoms with Gasteiger partial charge in [0.05, 0.1) is 26.4 Å². The first-order valence-corrected chi connectivity index (χ1v) is 27.3. The van der Waals surface area contributed by atoms with Crippen LogP contribution < -0.4 is 0 Å². The van der Waals surface area contributed by atoms with Gasteiger partial charge in [0.25, 0.3) is 0 Å². The lowest BCUT2D eigenvalue weighted by molar-refractivity contribution is -0.148. The van der Waals surface area contributed by atoms with Crippen molar-refractivity contribution in [1.82, 2.24) is 0 Å². The highest BCUT2D eigenvalue weighted by Crippen LogP contribution is 2.45. The number of allylic oxidation sites excluding steroid dienone is 6. The lowest BCUT2D eigenvalue weighted by atomic mass is 10.0. The summed E-state index contributed by atoms with van der Waals surface area (Å²) in [5.41, 5.74) is 0. The maximum absolute atomic E-state index is 12.2. The Labute approximate surface area is 386 Å². The van der Waals surface area contributed by atoms with Crippen molar-refractivity contribution in [2.75, 3.05) is 39.6 Å². The first kappa shape index (κ1) is 62.3. The molecule has 0 aromatic carbocycles. The number of phosphoric acid groups is 2. The minimum atomic E-state index is -4.79. The molecule has 0 aliphatic carbocycles. The topological polar surface area (TPSA) is 225 Å². The highest BCUT2D eigenvalue weighted by molar-refractivity contribution is 7.47. The Kier molecular flexibility index (Phi) is 42.6. The molecule has 0 saturated heterocycles. The van der Waals surface area contributed by atoms with Gasteiger partial charge in [0.15, 0.2) is 0 Å². The second kappa shape index (κ2) is 43.8. The van der Waals surface area contributed by atoms with E-state index in [0.29, 0.717) is 12.8 Å². The van der Waals surface area contributed by atoms with Gasteiger partial charge in [0, 0.05) is 12.8 Å². The molecule has 0 aliphatic rings. The summed E-state index contributed by atoms with van der Waals surface area (Å²) in [7, 11) is -9.57. The van der Waals surface area contributed by atoms with Crippen molar-refractivity contribution >= 4 is 27.6 Å². The lowest BCUT2D eigenvalue weighted by Gasteiger charge is -2.19. The molecular weight excluding hydrogens is 866 g/mol. The van der Waals surface area contributed by atoms with Gasteiger partial charge in [-0.15, -0.1) is 0 Å². The molecule has 0 fully saturated rings. The summed E-state index contributed by atoms with van der Waals surface area (Å²) in [5, 5.41) is 30.0. The average molecular weight is 955 g/mol. The predicted molar refractivity (Wildman–Crippen MR) is 251 cm³/mol. The zero-order chi connectivity index (χ0) is 47.4. The highest BCUT2D eigenvalue weighted by atomic mass is 31.2. The van der Waals surface area contributed by atoms with Crippen LogP contribution in [0.25, 0.3) is 0 Å². The van der Waals surface area contributed by atoms with E-state index in [4.69, 9.17) is 9.47 Å². The molecule has 64 heavy (non-hydrogen) atoms. The minimum Gasteiger partial charge on any atom is -0.463 e. The number of hydrogen-bond acceptors (Lipinski definition) is 13. The van der Waals surface area contributed by atoms with E-state index >= 15 is 0 Å². The fourth-order valence-electron chi connectivity index (χ4n) is 6.28. The summed E-state index contributed by atoms with van der Waals surface area (Å²) in [6.07, 6.45) is 38.4. The number of aliphatic hydroxyl groups is 3. The van der Waals surface area contributed by atoms with Crippen LogP contribution in [0.5, 0.6) is 0 Å². The molecule has 0 radical (unpaired) electrons. The first-order chi connectivity index (χ1) is 30.8. The molecule has 0 spiro atoms. The van der Waals surface area contributed by atoms with Crippen LogP contribution in [0.1, 0.15) is 194 Å². The third-order valence-corrected chi connectivity index (χ3v) is 12.0. The Morgan fingerprint density at radius 2 is 0.672 bits per heavy atom. The molecule has 0 rings (SSSR count). The molecule has 15 nitrogen and oxygen atoms in total. The number of carbonyl (C=O) groups is 2. The van der Waals surface area contributed by atoms with E-state index in [1.807, 2.05) is 0 Å². The van der Waals surface area contributed by atoms with Crippen LogP contribution >= 0.6 is 15.6 Å². The normalized spacial score (nSPS) is 15.4. The van der Waals surface area contributed by atoms with E-state index in [2.05, 4.69) is 68.4 Å². The van der Waals surface area contributed by atoms with E-state index in [0.717, 1.165) is 70.6 Å². The summed E-state index contributed by atoms with van der Waals surface area (Å²) < 4.78 is 53.0. The summed E-state index contributed by atoms with van der Waals surface area (Å²) in [5.74, 6) is -1.00. The van der Waals surface area contributed by atoms with E-state index in [1.54, 1.807) is 0 Å². The summed E-state index contributed by atoms with van der Waals surface area (Å²) in [6.45, 7) is 0.388. The Hall–Kier alpha value is -1.74. The number of ether oxygens (including phenoxy) is 2. The molecule has 0 aromatic heterocycles. The van der Waals surface area contributed by atoms with Gasteiger partial charge in [-0.2, -0.15) is 0 Å². The van der Waals surface area contributed by atoms with Crippen LogP contribution in [0, 0.1) is 0 Å². The summed E-state index contributed by atoms with van der Waals surface area (Å²) in [6, 6.07) is 0. The summed E-state index contributed by atoms with van der Waals surface area (Å²) in [4.78, 5) is 43.7. The molecule has 5 N–H and O–H groups in total. The van der Waals surface area contributed by atoms with Gasteiger partial charge in [-0.1, -0.05) is 166 Å². The van der Waals surface area contributed by atoms with Gasteiger partial charge in [-0.3, -0.25) is 27.7 Å². The number of hydrogen-bond donors (Lipinski definition) is 5. The van der Waals surface area contributed by atoms with Gasteiger partial charge < -0.3 is 34.6 Å². The minimum absolute atomic E-state index is 0.182. The number of rotatable bonds is 47. The van der Waals surface area contributed by atoms with Crippen molar-refractivity contribution in [3.05, 3.63) is 36.5 Å². The first-order valence-electron chi connectivity index (χ1n) is 24.3. The SMILES string of the molecule is CCCCC/C=C\C/C=C\C/C=C\CCCCCCCCC(=O)OCC(O)COP(=O)(O)OCC(O)COP(=O)(O)OCC(O)COC(=O)CCCCCCCCCCCCCCC. The number of unbranched alkanes of at least 4 members (excludes halogenated alkanes) is 21. The molecule has 0 aromatic rings. The Bertz CT molecular complexity index is 1290. The van der Waals surface area contributed by atoms with Gasteiger partial charge in [-0.25, -0.2) is 9.13 Å². The Morgan fingerprint density at radius 3 is 1.03 bits per heavy atom. The maximum atomic E-state index is 12.2. The molecule has 0 heterocycles. The largest absolute Gasteiger partial charge is 0.472 e. The van der Waals surface area contributed by atoms with Crippen LogP contribution in [-0.2, 0) is 46.3 Å². The summed E-state index contributed by atoms with van der Waals surface area (Å²) >= 11 is 0. The van der Waals surface area contributed by atoms with E-state index < -0.39 is 85.5 Å². The smallest absolute Gasteiger partial charge is 0.463 e. The van der Waals surface area contributed by atoms with E-state index in [-0.39, 0.29) is 12.8 Å². The molecular formula is C47H88O15P2. The maximum Gasteiger partial charge on any atom is 0.472 e. The Morgan fingerprint density at radius 1 is 0.406 bits per heavy atom. The highest BCUT2D eigenvalue weighted by Gasteiger charge is 2.28. The van der Waals surface area contributed by atoms with Gasteiger partial charge >= 0.3 is 27.6 Å². The molecule has 376 valence electrons. The molecule has 0 saturated carbocycles. The zero-order valence-corrected chi connectivity index (χ0v) is 41.2. The van der Waals surface area contributed by atoms with Crippen molar-refractivity contribution < 1.29 is 71.4 Å². The molecule has 5 unspecified atom stereocenters. The van der Waals surface area contributed by atoms with Crippen molar-refractivity contribution in [2.45, 2.75) is 212 Å². The quantitative estimate of drug-likeness (QED) is 0.0166. The van der Waals surface area contributed by atoms with Crippen LogP contribution in [0.3, 0.4) is 0 Å². The van der Waals surface area contributed by atoms with Crippen LogP contribution in [-0.4, -0.2) is 95.0 Å². The number of phosphoric ester groups is 2. The predicted octanol–water partition coefficient (Wildman–Crippen LogP) is 11.1. The van der Waals surface area contributed by atoms with Crippen LogP contribution in [0.4, 0.5) is 0 Å². The van der Waals surface area contributed by atoms with Gasteiger partial charge in [0.1, 0.15) is 31.5 Å². The van der Waals surface area contributed by atoms with Gasteiger partial charge in [-0.05, 0) is 51.4 Å². The monoisotopic (exact) mass is 955 g/mol. The fraction of sp³-hybridized carbons (Fsp3) is 0.830. The van der Waals surface area contributed by atoms with E-state index in [1.165, 1.54) is 83.5 Å². The third kappa shape index (κ3) is 45.4.